The zero-order valence-corrected chi connectivity index (χ0v) is 13.3. The fourth-order valence-corrected chi connectivity index (χ4v) is 3.87. The Morgan fingerprint density at radius 3 is 3.00 bits per heavy atom. The molecular weight excluding hydrogens is 346 g/mol. The van der Waals surface area contributed by atoms with Crippen molar-refractivity contribution in [3.05, 3.63) is 49.1 Å². The lowest BCUT2D eigenvalue weighted by Gasteiger charge is -2.13. The van der Waals surface area contributed by atoms with E-state index in [-0.39, 0.29) is 6.04 Å². The molecule has 0 radical (unpaired) electrons. The first-order chi connectivity index (χ1) is 9.13. The van der Waals surface area contributed by atoms with Crippen molar-refractivity contribution < 1.29 is 4.74 Å². The molecule has 2 nitrogen and oxygen atoms in total. The minimum Gasteiger partial charge on any atom is -0.493 e. The van der Waals surface area contributed by atoms with Gasteiger partial charge in [0.1, 0.15) is 5.75 Å². The third kappa shape index (κ3) is 2.82. The third-order valence-corrected chi connectivity index (χ3v) is 5.02. The summed E-state index contributed by atoms with van der Waals surface area (Å²) in [7, 11) is 0. The Balaban J connectivity index is 1.87. The Kier molecular flexibility index (Phi) is 3.85. The number of ether oxygens (including phenoxy) is 1. The highest BCUT2D eigenvalue weighted by atomic mass is 79.9. The molecule has 0 aliphatic carbocycles. The number of benzene rings is 1. The minimum atomic E-state index is -0.0330. The molecule has 1 aliphatic heterocycles. The van der Waals surface area contributed by atoms with Crippen LogP contribution in [0.15, 0.2) is 27.4 Å². The molecule has 1 aliphatic rings. The SMILES string of the molecule is NC(Cc1cc(Cl)cc2c1OCC2)c1csc(Br)c1. The van der Waals surface area contributed by atoms with Gasteiger partial charge in [0.05, 0.1) is 10.4 Å². The maximum Gasteiger partial charge on any atom is 0.125 e. The summed E-state index contributed by atoms with van der Waals surface area (Å²) in [5.41, 5.74) is 9.72. The van der Waals surface area contributed by atoms with Crippen LogP contribution in [0.1, 0.15) is 22.7 Å². The smallest absolute Gasteiger partial charge is 0.125 e. The first-order valence-corrected chi connectivity index (χ1v) is 8.12. The second-order valence-corrected chi connectivity index (χ2v) is 7.37. The van der Waals surface area contributed by atoms with Gasteiger partial charge in [-0.3, -0.25) is 0 Å². The number of hydrogen-bond acceptors (Lipinski definition) is 3. The van der Waals surface area contributed by atoms with Gasteiger partial charge in [-0.2, -0.15) is 0 Å². The topological polar surface area (TPSA) is 35.2 Å². The number of thiophene rings is 1. The second kappa shape index (κ2) is 5.44. The first kappa shape index (κ1) is 13.4. The van der Waals surface area contributed by atoms with E-state index >= 15 is 0 Å². The lowest BCUT2D eigenvalue weighted by molar-refractivity contribution is 0.352. The van der Waals surface area contributed by atoms with Crippen LogP contribution in [0.3, 0.4) is 0 Å². The van der Waals surface area contributed by atoms with Gasteiger partial charge < -0.3 is 10.5 Å². The molecule has 0 amide bonds. The van der Waals surface area contributed by atoms with E-state index in [1.807, 2.05) is 12.1 Å². The largest absolute Gasteiger partial charge is 0.493 e. The number of nitrogens with two attached hydrogens (primary N) is 1. The van der Waals surface area contributed by atoms with Gasteiger partial charge in [0.15, 0.2) is 0 Å². The lowest BCUT2D eigenvalue weighted by Crippen LogP contribution is -2.13. The van der Waals surface area contributed by atoms with Gasteiger partial charge in [-0.05, 0) is 62.6 Å². The van der Waals surface area contributed by atoms with Crippen LogP contribution in [0.2, 0.25) is 5.02 Å². The van der Waals surface area contributed by atoms with Crippen LogP contribution in [-0.4, -0.2) is 6.61 Å². The number of fused-ring (bicyclic) bond motifs is 1. The summed E-state index contributed by atoms with van der Waals surface area (Å²) in [6.07, 6.45) is 1.67. The van der Waals surface area contributed by atoms with Gasteiger partial charge in [0.2, 0.25) is 0 Å². The zero-order valence-electron chi connectivity index (χ0n) is 10.2. The summed E-state index contributed by atoms with van der Waals surface area (Å²) in [5, 5.41) is 2.85. The van der Waals surface area contributed by atoms with E-state index in [2.05, 4.69) is 27.4 Å². The molecule has 0 fully saturated rings. The predicted octanol–water partition coefficient (Wildman–Crippen LogP) is 4.34. The molecule has 1 atom stereocenters. The third-order valence-electron chi connectivity index (χ3n) is 3.28. The van der Waals surface area contributed by atoms with Gasteiger partial charge in [0.25, 0.3) is 0 Å². The van der Waals surface area contributed by atoms with Crippen LogP contribution in [0, 0.1) is 0 Å². The highest BCUT2D eigenvalue weighted by Crippen LogP contribution is 2.35. The molecule has 0 saturated carbocycles. The molecular formula is C14H13BrClNOS. The van der Waals surface area contributed by atoms with Crippen LogP contribution in [0.4, 0.5) is 0 Å². The van der Waals surface area contributed by atoms with Crippen molar-refractivity contribution >= 4 is 38.9 Å². The van der Waals surface area contributed by atoms with Gasteiger partial charge in [0, 0.05) is 17.5 Å². The van der Waals surface area contributed by atoms with E-state index in [4.69, 9.17) is 22.1 Å². The molecule has 2 aromatic rings. The van der Waals surface area contributed by atoms with Crippen LogP contribution >= 0.6 is 38.9 Å². The number of hydrogen-bond donors (Lipinski definition) is 1. The van der Waals surface area contributed by atoms with Gasteiger partial charge in [-0.1, -0.05) is 11.6 Å². The molecule has 0 saturated heterocycles. The highest BCUT2D eigenvalue weighted by molar-refractivity contribution is 9.11. The van der Waals surface area contributed by atoms with Crippen molar-refractivity contribution in [2.24, 2.45) is 5.73 Å². The molecule has 1 aromatic carbocycles. The quantitative estimate of drug-likeness (QED) is 0.885. The van der Waals surface area contributed by atoms with E-state index in [0.29, 0.717) is 0 Å². The van der Waals surface area contributed by atoms with Crippen molar-refractivity contribution in [3.63, 3.8) is 0 Å². The van der Waals surface area contributed by atoms with Crippen molar-refractivity contribution in [2.75, 3.05) is 6.61 Å². The van der Waals surface area contributed by atoms with E-state index in [1.54, 1.807) is 11.3 Å². The van der Waals surface area contributed by atoms with Crippen molar-refractivity contribution in [1.82, 2.24) is 0 Å². The molecule has 3 rings (SSSR count). The van der Waals surface area contributed by atoms with E-state index in [0.717, 1.165) is 45.1 Å². The first-order valence-electron chi connectivity index (χ1n) is 6.07. The summed E-state index contributed by atoms with van der Waals surface area (Å²) in [5.74, 6) is 0.981. The van der Waals surface area contributed by atoms with Crippen molar-refractivity contribution in [1.29, 1.82) is 0 Å². The van der Waals surface area contributed by atoms with Crippen LogP contribution in [-0.2, 0) is 12.8 Å². The van der Waals surface area contributed by atoms with Crippen LogP contribution in [0.25, 0.3) is 0 Å². The van der Waals surface area contributed by atoms with Crippen molar-refractivity contribution in [3.8, 4) is 5.75 Å². The monoisotopic (exact) mass is 357 g/mol. The minimum absolute atomic E-state index is 0.0330. The summed E-state index contributed by atoms with van der Waals surface area (Å²) >= 11 is 11.3. The predicted molar refractivity (Wildman–Crippen MR) is 83.3 cm³/mol. The van der Waals surface area contributed by atoms with E-state index in [1.165, 1.54) is 5.56 Å². The Bertz CT molecular complexity index is 613. The second-order valence-electron chi connectivity index (χ2n) is 4.65. The molecule has 5 heteroatoms. The Morgan fingerprint density at radius 1 is 1.42 bits per heavy atom. The highest BCUT2D eigenvalue weighted by Gasteiger charge is 2.20. The summed E-state index contributed by atoms with van der Waals surface area (Å²) in [6.45, 7) is 0.738. The Labute approximate surface area is 129 Å². The Morgan fingerprint density at radius 2 is 2.26 bits per heavy atom. The summed E-state index contributed by atoms with van der Waals surface area (Å²) < 4.78 is 6.81. The Hall–Kier alpha value is -0.550. The van der Waals surface area contributed by atoms with Crippen LogP contribution in [0.5, 0.6) is 5.75 Å². The van der Waals surface area contributed by atoms with E-state index < -0.39 is 0 Å². The molecule has 1 unspecified atom stereocenters. The van der Waals surface area contributed by atoms with E-state index in [9.17, 15) is 0 Å². The lowest BCUT2D eigenvalue weighted by atomic mass is 9.99. The van der Waals surface area contributed by atoms with Gasteiger partial charge in [-0.15, -0.1) is 11.3 Å². The summed E-state index contributed by atoms with van der Waals surface area (Å²) in [6, 6.07) is 5.99. The fourth-order valence-electron chi connectivity index (χ4n) is 2.37. The van der Waals surface area contributed by atoms with Crippen molar-refractivity contribution in [2.45, 2.75) is 18.9 Å². The zero-order chi connectivity index (χ0) is 13.4. The average molecular weight is 359 g/mol. The van der Waals surface area contributed by atoms with Crippen LogP contribution < -0.4 is 10.5 Å². The molecule has 1 aromatic heterocycles. The molecule has 0 bridgehead atoms. The molecule has 19 heavy (non-hydrogen) atoms. The molecule has 2 heterocycles. The van der Waals surface area contributed by atoms with Gasteiger partial charge >= 0.3 is 0 Å². The van der Waals surface area contributed by atoms with Gasteiger partial charge in [-0.25, -0.2) is 0 Å². The fraction of sp³-hybridized carbons (Fsp3) is 0.286. The maximum absolute atomic E-state index is 6.27. The maximum atomic E-state index is 6.27. The molecule has 100 valence electrons. The normalized spacial score (nSPS) is 15.1. The number of rotatable bonds is 3. The standard InChI is InChI=1S/C14H13BrClNOS/c15-13-6-10(7-19-13)12(17)5-9-4-11(16)3-8-1-2-18-14(8)9/h3-4,6-7,12H,1-2,5,17H2. The number of halogens is 2. The summed E-state index contributed by atoms with van der Waals surface area (Å²) in [4.78, 5) is 0. The molecule has 2 N–H and O–H groups in total. The average Bonchev–Trinajstić information content (AvgIpc) is 2.97. The molecule has 0 spiro atoms.